The molecule has 6 heteroatoms. The average molecular weight is 289 g/mol. The molecule has 0 bridgehead atoms. The van der Waals surface area contributed by atoms with Crippen molar-refractivity contribution in [2.24, 2.45) is 5.41 Å². The van der Waals surface area contributed by atoms with E-state index < -0.39 is 16.8 Å². The first kappa shape index (κ1) is 16.1. The smallest absolute Gasteiger partial charge is 0.303 e. The van der Waals surface area contributed by atoms with Crippen LogP contribution in [0.4, 0.5) is 0 Å². The molecule has 0 aliphatic heterocycles. The summed E-state index contributed by atoms with van der Waals surface area (Å²) in [5.74, 6) is -0.745. The van der Waals surface area contributed by atoms with Crippen LogP contribution in [0.1, 0.15) is 46.0 Å². The van der Waals surface area contributed by atoms with Gasteiger partial charge in [0.1, 0.15) is 5.75 Å². The highest BCUT2D eigenvalue weighted by atomic mass is 32.2. The van der Waals surface area contributed by atoms with Crippen molar-refractivity contribution >= 4 is 22.7 Å². The number of carbonyl (C=O) groups excluding carboxylic acids is 1. The lowest BCUT2D eigenvalue weighted by Crippen LogP contribution is -2.36. The van der Waals surface area contributed by atoms with Gasteiger partial charge in [-0.05, 0) is 31.6 Å². The molecule has 1 amide bonds. The Balaban J connectivity index is 2.31. The lowest BCUT2D eigenvalue weighted by atomic mass is 10.1. The summed E-state index contributed by atoms with van der Waals surface area (Å²) in [5, 5.41) is 11.6. The highest BCUT2D eigenvalue weighted by Gasteiger charge is 2.45. The van der Waals surface area contributed by atoms with Crippen LogP contribution in [0.15, 0.2) is 0 Å². The summed E-state index contributed by atoms with van der Waals surface area (Å²) in [5.41, 5.74) is -0.313. The third-order valence-electron chi connectivity index (χ3n) is 3.37. The van der Waals surface area contributed by atoms with E-state index in [0.29, 0.717) is 5.75 Å². The summed E-state index contributed by atoms with van der Waals surface area (Å²) >= 11 is 0. The second-order valence-electron chi connectivity index (χ2n) is 5.56. The van der Waals surface area contributed by atoms with E-state index >= 15 is 0 Å². The number of hydrogen-bond donors (Lipinski definition) is 2. The van der Waals surface area contributed by atoms with Crippen molar-refractivity contribution in [3.63, 3.8) is 0 Å². The van der Waals surface area contributed by atoms with E-state index in [2.05, 4.69) is 5.32 Å². The molecular weight excluding hydrogens is 266 g/mol. The van der Waals surface area contributed by atoms with E-state index in [1.165, 1.54) is 0 Å². The predicted octanol–water partition coefficient (Wildman–Crippen LogP) is 1.29. The highest BCUT2D eigenvalue weighted by Crippen LogP contribution is 2.49. The van der Waals surface area contributed by atoms with E-state index in [1.54, 1.807) is 0 Å². The molecular formula is C13H23NO4S. The molecule has 2 N–H and O–H groups in total. The first-order valence-electron chi connectivity index (χ1n) is 6.73. The maximum Gasteiger partial charge on any atom is 0.303 e. The van der Waals surface area contributed by atoms with Crippen molar-refractivity contribution in [3.8, 4) is 0 Å². The number of aliphatic carboxylic acids is 1. The van der Waals surface area contributed by atoms with Gasteiger partial charge in [-0.2, -0.15) is 0 Å². The predicted molar refractivity (Wildman–Crippen MR) is 74.3 cm³/mol. The van der Waals surface area contributed by atoms with E-state index in [-0.39, 0.29) is 29.5 Å². The van der Waals surface area contributed by atoms with Crippen LogP contribution in [0.3, 0.4) is 0 Å². The van der Waals surface area contributed by atoms with Crippen molar-refractivity contribution in [2.75, 3.05) is 11.5 Å². The number of carboxylic acids is 1. The quantitative estimate of drug-likeness (QED) is 0.670. The van der Waals surface area contributed by atoms with E-state index in [4.69, 9.17) is 5.11 Å². The molecule has 1 aliphatic carbocycles. The molecule has 1 fully saturated rings. The topological polar surface area (TPSA) is 83.5 Å². The number of carbonyl (C=O) groups is 2. The standard InChI is InChI=1S/C13H23NO4S/c1-3-4-10(2)14-11(15)8-19(18)9-13(5-6-13)7-12(16)17/h10H,3-9H2,1-2H3,(H,14,15)(H,16,17). The average Bonchev–Trinajstić information content (AvgIpc) is 2.95. The SMILES string of the molecule is CCCC(C)NC(=O)CS(=O)CC1(CC(=O)O)CC1. The normalized spacial score (nSPS) is 19.5. The summed E-state index contributed by atoms with van der Waals surface area (Å²) in [6, 6.07) is 0.100. The van der Waals surface area contributed by atoms with Gasteiger partial charge in [-0.1, -0.05) is 13.3 Å². The van der Waals surface area contributed by atoms with E-state index in [9.17, 15) is 13.8 Å². The molecule has 2 unspecified atom stereocenters. The number of amides is 1. The third-order valence-corrected chi connectivity index (χ3v) is 4.89. The minimum absolute atomic E-state index is 0.0184. The van der Waals surface area contributed by atoms with Gasteiger partial charge in [-0.25, -0.2) is 0 Å². The molecule has 110 valence electrons. The lowest BCUT2D eigenvalue weighted by molar-refractivity contribution is -0.138. The van der Waals surface area contributed by atoms with Crippen LogP contribution >= 0.6 is 0 Å². The zero-order valence-electron chi connectivity index (χ0n) is 11.6. The molecule has 1 aliphatic rings. The van der Waals surface area contributed by atoms with Crippen molar-refractivity contribution < 1.29 is 18.9 Å². The van der Waals surface area contributed by atoms with Gasteiger partial charge in [-0.15, -0.1) is 0 Å². The van der Waals surface area contributed by atoms with Gasteiger partial charge in [0.05, 0.1) is 6.42 Å². The minimum Gasteiger partial charge on any atom is -0.481 e. The van der Waals surface area contributed by atoms with Gasteiger partial charge < -0.3 is 10.4 Å². The highest BCUT2D eigenvalue weighted by molar-refractivity contribution is 7.85. The molecule has 0 spiro atoms. The molecule has 0 heterocycles. The van der Waals surface area contributed by atoms with E-state index in [0.717, 1.165) is 25.7 Å². The van der Waals surface area contributed by atoms with Crippen molar-refractivity contribution in [1.29, 1.82) is 0 Å². The fourth-order valence-corrected chi connectivity index (χ4v) is 3.78. The van der Waals surface area contributed by atoms with Crippen molar-refractivity contribution in [2.45, 2.75) is 52.0 Å². The van der Waals surface area contributed by atoms with Gasteiger partial charge in [-0.3, -0.25) is 13.8 Å². The fraction of sp³-hybridized carbons (Fsp3) is 0.846. The molecule has 0 radical (unpaired) electrons. The molecule has 0 aromatic rings. The summed E-state index contributed by atoms with van der Waals surface area (Å²) in [7, 11) is -1.27. The van der Waals surface area contributed by atoms with Crippen LogP contribution in [-0.2, 0) is 20.4 Å². The van der Waals surface area contributed by atoms with Gasteiger partial charge >= 0.3 is 5.97 Å². The van der Waals surface area contributed by atoms with Crippen LogP contribution in [0.5, 0.6) is 0 Å². The molecule has 19 heavy (non-hydrogen) atoms. The Bertz CT molecular complexity index is 366. The zero-order valence-corrected chi connectivity index (χ0v) is 12.4. The molecule has 5 nitrogen and oxygen atoms in total. The van der Waals surface area contributed by atoms with Gasteiger partial charge in [0.2, 0.25) is 5.91 Å². The van der Waals surface area contributed by atoms with Crippen LogP contribution in [0.25, 0.3) is 0 Å². The van der Waals surface area contributed by atoms with Crippen LogP contribution in [-0.4, -0.2) is 38.7 Å². The van der Waals surface area contributed by atoms with Gasteiger partial charge in [0, 0.05) is 22.6 Å². The molecule has 0 saturated heterocycles. The largest absolute Gasteiger partial charge is 0.481 e. The Labute approximate surface area is 116 Å². The maximum atomic E-state index is 11.9. The number of nitrogens with one attached hydrogen (secondary N) is 1. The number of hydrogen-bond acceptors (Lipinski definition) is 3. The molecule has 2 atom stereocenters. The van der Waals surface area contributed by atoms with Crippen LogP contribution in [0.2, 0.25) is 0 Å². The monoisotopic (exact) mass is 289 g/mol. The number of rotatable bonds is 9. The summed E-state index contributed by atoms with van der Waals surface area (Å²) in [4.78, 5) is 22.3. The number of carboxylic acid groups (broad SMARTS) is 1. The first-order chi connectivity index (χ1) is 8.87. The van der Waals surface area contributed by atoms with Crippen LogP contribution < -0.4 is 5.32 Å². The summed E-state index contributed by atoms with van der Waals surface area (Å²) < 4.78 is 11.9. The Morgan fingerprint density at radius 2 is 2.05 bits per heavy atom. The fourth-order valence-electron chi connectivity index (χ4n) is 2.23. The molecule has 1 rings (SSSR count). The second kappa shape index (κ2) is 7.03. The second-order valence-corrected chi connectivity index (χ2v) is 7.01. The zero-order chi connectivity index (χ0) is 14.5. The van der Waals surface area contributed by atoms with Crippen molar-refractivity contribution in [1.82, 2.24) is 5.32 Å². The first-order valence-corrected chi connectivity index (χ1v) is 8.22. The van der Waals surface area contributed by atoms with Gasteiger partial charge in [0.15, 0.2) is 0 Å². The Kier molecular flexibility index (Phi) is 5.97. The van der Waals surface area contributed by atoms with Crippen molar-refractivity contribution in [3.05, 3.63) is 0 Å². The molecule has 1 saturated carbocycles. The third kappa shape index (κ3) is 6.18. The Morgan fingerprint density at radius 1 is 1.42 bits per heavy atom. The minimum atomic E-state index is -1.27. The summed E-state index contributed by atoms with van der Waals surface area (Å²) in [6.07, 6.45) is 3.57. The molecule has 0 aromatic carbocycles. The lowest BCUT2D eigenvalue weighted by Gasteiger charge is -2.14. The molecule has 0 aromatic heterocycles. The summed E-state index contributed by atoms with van der Waals surface area (Å²) in [6.45, 7) is 3.97. The van der Waals surface area contributed by atoms with Crippen LogP contribution in [0, 0.1) is 5.41 Å². The van der Waals surface area contributed by atoms with Gasteiger partial charge in [0.25, 0.3) is 0 Å². The van der Waals surface area contributed by atoms with E-state index in [1.807, 2.05) is 13.8 Å². The Hall–Kier alpha value is -0.910. The Morgan fingerprint density at radius 3 is 2.53 bits per heavy atom. The maximum absolute atomic E-state index is 11.9.